The molecule has 3 rings (SSSR count). The lowest BCUT2D eigenvalue weighted by Gasteiger charge is -2.36. The molecule has 138 valence electrons. The summed E-state index contributed by atoms with van der Waals surface area (Å²) in [6, 6.07) is 8.05. The van der Waals surface area contributed by atoms with Gasteiger partial charge in [-0.1, -0.05) is 30.7 Å². The van der Waals surface area contributed by atoms with E-state index in [1.807, 2.05) is 18.2 Å². The van der Waals surface area contributed by atoms with Crippen molar-refractivity contribution in [1.82, 2.24) is 15.1 Å². The number of carbonyl (C=O) groups is 1. The minimum absolute atomic E-state index is 0.341. The Morgan fingerprint density at radius 3 is 2.64 bits per heavy atom. The third-order valence-corrected chi connectivity index (χ3v) is 5.94. The average Bonchev–Trinajstić information content (AvgIpc) is 2.63. The highest BCUT2D eigenvalue weighted by Crippen LogP contribution is 2.25. The molecule has 1 unspecified atom stereocenters. The molecule has 0 bridgehead atoms. The van der Waals surface area contributed by atoms with Gasteiger partial charge in [-0.25, -0.2) is 0 Å². The van der Waals surface area contributed by atoms with Gasteiger partial charge >= 0.3 is 0 Å². The number of amides is 1. The fourth-order valence-electron chi connectivity index (χ4n) is 4.03. The number of rotatable bonds is 5. The Morgan fingerprint density at radius 2 is 1.96 bits per heavy atom. The molecule has 1 amide bonds. The van der Waals surface area contributed by atoms with Gasteiger partial charge in [-0.3, -0.25) is 9.69 Å². The summed E-state index contributed by atoms with van der Waals surface area (Å²) >= 11 is 6.06. The number of benzene rings is 1. The van der Waals surface area contributed by atoms with Gasteiger partial charge in [0.05, 0.1) is 0 Å². The van der Waals surface area contributed by atoms with Crippen molar-refractivity contribution in [2.45, 2.75) is 32.7 Å². The lowest BCUT2D eigenvalue weighted by molar-refractivity contribution is -0.134. The molecule has 1 aromatic rings. The van der Waals surface area contributed by atoms with Crippen LogP contribution in [-0.2, 0) is 11.3 Å². The predicted octanol–water partition coefficient (Wildman–Crippen LogP) is 3.01. The lowest BCUT2D eigenvalue weighted by Crippen LogP contribution is -2.48. The standard InChI is InChI=1S/C20H30ClN3O/c1-16(18-5-7-22-8-6-18)13-20(25)24-11-9-23(10-12-24)15-17-3-2-4-19(21)14-17/h2-4,14,16,18,22H,5-13,15H2,1H3. The van der Waals surface area contributed by atoms with Crippen LogP contribution in [0.3, 0.4) is 0 Å². The summed E-state index contributed by atoms with van der Waals surface area (Å²) in [7, 11) is 0. The van der Waals surface area contributed by atoms with Gasteiger partial charge in [-0.15, -0.1) is 0 Å². The molecule has 4 nitrogen and oxygen atoms in total. The number of carbonyl (C=O) groups excluding carboxylic acids is 1. The summed E-state index contributed by atoms with van der Waals surface area (Å²) in [6.45, 7) is 8.95. The highest BCUT2D eigenvalue weighted by atomic mass is 35.5. The quantitative estimate of drug-likeness (QED) is 0.873. The second-order valence-corrected chi connectivity index (χ2v) is 7.99. The first-order chi connectivity index (χ1) is 12.1. The Bertz CT molecular complexity index is 566. The molecule has 2 fully saturated rings. The first kappa shape index (κ1) is 18.7. The van der Waals surface area contributed by atoms with E-state index in [1.54, 1.807) is 0 Å². The smallest absolute Gasteiger partial charge is 0.222 e. The molecule has 0 spiro atoms. The normalized spacial score (nSPS) is 21.3. The first-order valence-corrected chi connectivity index (χ1v) is 9.95. The van der Waals surface area contributed by atoms with Crippen LogP contribution in [0.15, 0.2) is 24.3 Å². The number of nitrogens with one attached hydrogen (secondary N) is 1. The molecule has 0 radical (unpaired) electrons. The maximum absolute atomic E-state index is 12.6. The molecule has 0 aliphatic carbocycles. The highest BCUT2D eigenvalue weighted by Gasteiger charge is 2.26. The fourth-order valence-corrected chi connectivity index (χ4v) is 4.25. The zero-order valence-electron chi connectivity index (χ0n) is 15.2. The SMILES string of the molecule is CC(CC(=O)N1CCN(Cc2cccc(Cl)c2)CC1)C1CCNCC1. The van der Waals surface area contributed by atoms with Crippen LogP contribution >= 0.6 is 11.6 Å². The van der Waals surface area contributed by atoms with Gasteiger partial charge in [0, 0.05) is 44.2 Å². The van der Waals surface area contributed by atoms with Crippen molar-refractivity contribution in [3.8, 4) is 0 Å². The van der Waals surface area contributed by atoms with E-state index in [0.29, 0.717) is 24.2 Å². The van der Waals surface area contributed by atoms with Gasteiger partial charge < -0.3 is 10.2 Å². The Labute approximate surface area is 156 Å². The number of piperidine rings is 1. The Balaban J connectivity index is 1.42. The van der Waals surface area contributed by atoms with Gasteiger partial charge in [0.15, 0.2) is 0 Å². The molecule has 2 heterocycles. The molecule has 2 aliphatic heterocycles. The maximum atomic E-state index is 12.6. The van der Waals surface area contributed by atoms with Crippen LogP contribution in [0, 0.1) is 11.8 Å². The number of piperazine rings is 1. The van der Waals surface area contributed by atoms with Crippen LogP contribution in [0.2, 0.25) is 5.02 Å². The molecule has 0 saturated carbocycles. The summed E-state index contributed by atoms with van der Waals surface area (Å²) in [5.74, 6) is 1.54. The summed E-state index contributed by atoms with van der Waals surface area (Å²) in [6.07, 6.45) is 3.13. The van der Waals surface area contributed by atoms with Crippen molar-refractivity contribution in [3.05, 3.63) is 34.9 Å². The van der Waals surface area contributed by atoms with Crippen molar-refractivity contribution < 1.29 is 4.79 Å². The second-order valence-electron chi connectivity index (χ2n) is 7.56. The van der Waals surface area contributed by atoms with Gasteiger partial charge in [0.2, 0.25) is 5.91 Å². The summed E-state index contributed by atoms with van der Waals surface area (Å²) in [5, 5.41) is 4.20. The van der Waals surface area contributed by atoms with E-state index in [9.17, 15) is 4.79 Å². The van der Waals surface area contributed by atoms with Crippen molar-refractivity contribution >= 4 is 17.5 Å². The maximum Gasteiger partial charge on any atom is 0.222 e. The lowest BCUT2D eigenvalue weighted by atomic mass is 9.84. The average molecular weight is 364 g/mol. The molecular formula is C20H30ClN3O. The Morgan fingerprint density at radius 1 is 1.24 bits per heavy atom. The molecule has 1 atom stereocenters. The third kappa shape index (κ3) is 5.44. The van der Waals surface area contributed by atoms with Gasteiger partial charge in [-0.05, 0) is 55.5 Å². The molecule has 5 heteroatoms. The van der Waals surface area contributed by atoms with Crippen LogP contribution in [0.25, 0.3) is 0 Å². The minimum Gasteiger partial charge on any atom is -0.340 e. The summed E-state index contributed by atoms with van der Waals surface area (Å²) in [4.78, 5) is 17.1. The van der Waals surface area contributed by atoms with Crippen LogP contribution in [0.5, 0.6) is 0 Å². The van der Waals surface area contributed by atoms with Crippen molar-refractivity contribution in [2.75, 3.05) is 39.3 Å². The van der Waals surface area contributed by atoms with Gasteiger partial charge in [-0.2, -0.15) is 0 Å². The monoisotopic (exact) mass is 363 g/mol. The van der Waals surface area contributed by atoms with Gasteiger partial charge in [0.1, 0.15) is 0 Å². The molecule has 0 aromatic heterocycles. The van der Waals surface area contributed by atoms with Gasteiger partial charge in [0.25, 0.3) is 0 Å². The second kappa shape index (κ2) is 9.02. The largest absolute Gasteiger partial charge is 0.340 e. The van der Waals surface area contributed by atoms with Crippen LogP contribution in [0.4, 0.5) is 0 Å². The van der Waals surface area contributed by atoms with E-state index >= 15 is 0 Å². The van der Waals surface area contributed by atoms with Crippen LogP contribution in [0.1, 0.15) is 31.7 Å². The zero-order chi connectivity index (χ0) is 17.6. The fraction of sp³-hybridized carbons (Fsp3) is 0.650. The molecule has 1 N–H and O–H groups in total. The van der Waals surface area contributed by atoms with E-state index in [1.165, 1.54) is 18.4 Å². The molecule has 2 saturated heterocycles. The molecular weight excluding hydrogens is 334 g/mol. The number of nitrogens with zero attached hydrogens (tertiary/aromatic N) is 2. The van der Waals surface area contributed by atoms with Crippen molar-refractivity contribution in [1.29, 1.82) is 0 Å². The first-order valence-electron chi connectivity index (χ1n) is 9.57. The van der Waals surface area contributed by atoms with E-state index in [2.05, 4.69) is 28.1 Å². The Hall–Kier alpha value is -1.10. The van der Waals surface area contributed by atoms with Crippen molar-refractivity contribution in [2.24, 2.45) is 11.8 Å². The van der Waals surface area contributed by atoms with Crippen LogP contribution in [-0.4, -0.2) is 55.0 Å². The summed E-state index contributed by atoms with van der Waals surface area (Å²) < 4.78 is 0. The Kier molecular flexibility index (Phi) is 6.74. The van der Waals surface area contributed by atoms with E-state index in [0.717, 1.165) is 50.8 Å². The minimum atomic E-state index is 0.341. The summed E-state index contributed by atoms with van der Waals surface area (Å²) in [5.41, 5.74) is 1.24. The molecule has 25 heavy (non-hydrogen) atoms. The molecule has 2 aliphatic rings. The number of halogens is 1. The van der Waals surface area contributed by atoms with Crippen molar-refractivity contribution in [3.63, 3.8) is 0 Å². The third-order valence-electron chi connectivity index (χ3n) is 5.71. The number of hydrogen-bond donors (Lipinski definition) is 1. The number of hydrogen-bond acceptors (Lipinski definition) is 3. The van der Waals surface area contributed by atoms with E-state index < -0.39 is 0 Å². The van der Waals surface area contributed by atoms with E-state index in [4.69, 9.17) is 11.6 Å². The predicted molar refractivity (Wildman–Crippen MR) is 103 cm³/mol. The highest BCUT2D eigenvalue weighted by molar-refractivity contribution is 6.30. The molecule has 1 aromatic carbocycles. The zero-order valence-corrected chi connectivity index (χ0v) is 16.0. The van der Waals surface area contributed by atoms with E-state index in [-0.39, 0.29) is 0 Å². The topological polar surface area (TPSA) is 35.6 Å². The van der Waals surface area contributed by atoms with Crippen LogP contribution < -0.4 is 5.32 Å².